The first kappa shape index (κ1) is 40.4. The van der Waals surface area contributed by atoms with E-state index < -0.39 is 0 Å². The quantitative estimate of drug-likeness (QED) is 0.0666. The van der Waals surface area contributed by atoms with Crippen molar-refractivity contribution in [3.63, 3.8) is 0 Å². The van der Waals surface area contributed by atoms with Crippen molar-refractivity contribution in [1.29, 1.82) is 0 Å². The summed E-state index contributed by atoms with van der Waals surface area (Å²) in [5.41, 5.74) is 0. The van der Waals surface area contributed by atoms with Crippen molar-refractivity contribution in [3.05, 3.63) is 12.4 Å². The van der Waals surface area contributed by atoms with Gasteiger partial charge in [0, 0.05) is 25.5 Å². The van der Waals surface area contributed by atoms with Crippen LogP contribution in [0.1, 0.15) is 233 Å². The fourth-order valence-electron chi connectivity index (χ4n) is 7.04. The maximum atomic E-state index is 2.70. The molecule has 2 heteroatoms. The molecule has 0 aliphatic carbocycles. The van der Waals surface area contributed by atoms with Gasteiger partial charge in [0.25, 0.3) is 0 Å². The van der Waals surface area contributed by atoms with Crippen LogP contribution < -0.4 is 0 Å². The second-order valence-electron chi connectivity index (χ2n) is 14.3. The molecule has 1 aliphatic rings. The molecule has 256 valence electrons. The van der Waals surface area contributed by atoms with Gasteiger partial charge in [0.15, 0.2) is 0 Å². The minimum Gasteiger partial charge on any atom is -0.356 e. The lowest BCUT2D eigenvalue weighted by Crippen LogP contribution is -2.39. The van der Waals surface area contributed by atoms with E-state index in [-0.39, 0.29) is 0 Å². The van der Waals surface area contributed by atoms with Crippen LogP contribution in [0.2, 0.25) is 0 Å². The summed E-state index contributed by atoms with van der Waals surface area (Å²) >= 11 is 0. The van der Waals surface area contributed by atoms with Crippen LogP contribution in [0.4, 0.5) is 0 Å². The van der Waals surface area contributed by atoms with Crippen molar-refractivity contribution in [1.82, 2.24) is 9.80 Å². The molecule has 0 aromatic carbocycles. The summed E-state index contributed by atoms with van der Waals surface area (Å²) in [6.07, 6.45) is 53.0. The highest BCUT2D eigenvalue weighted by Crippen LogP contribution is 2.24. The van der Waals surface area contributed by atoms with Gasteiger partial charge in [-0.3, -0.25) is 0 Å². The number of rotatable bonds is 35. The van der Waals surface area contributed by atoms with Crippen LogP contribution in [-0.2, 0) is 0 Å². The molecule has 0 bridgehead atoms. The molecule has 1 atom stereocenters. The van der Waals surface area contributed by atoms with Gasteiger partial charge >= 0.3 is 0 Å². The van der Waals surface area contributed by atoms with Crippen LogP contribution in [0.3, 0.4) is 0 Å². The lowest BCUT2D eigenvalue weighted by atomic mass is 10.0. The number of hydrogen-bond donors (Lipinski definition) is 0. The standard InChI is InChI=1S/C41H82N2/c1-4-7-10-12-14-16-18-20-22-23-24-26-28-30-32-34-36-41-42(37-9-6-3)39-40-43(41)38-35-33-31-29-27-25-21-19-17-15-13-11-8-5-2/h39-41H,4-38H2,1-3H3. The van der Waals surface area contributed by atoms with Gasteiger partial charge in [-0.2, -0.15) is 0 Å². The topological polar surface area (TPSA) is 6.48 Å². The predicted molar refractivity (Wildman–Crippen MR) is 196 cm³/mol. The zero-order chi connectivity index (χ0) is 30.9. The van der Waals surface area contributed by atoms with E-state index in [0.717, 1.165) is 0 Å². The highest BCUT2D eigenvalue weighted by molar-refractivity contribution is 4.96. The Labute approximate surface area is 273 Å². The lowest BCUT2D eigenvalue weighted by Gasteiger charge is -2.33. The normalized spacial score (nSPS) is 14.9. The van der Waals surface area contributed by atoms with Crippen molar-refractivity contribution in [3.8, 4) is 0 Å². The summed E-state index contributed by atoms with van der Waals surface area (Å²) in [4.78, 5) is 5.36. The van der Waals surface area contributed by atoms with Gasteiger partial charge in [0.1, 0.15) is 6.17 Å². The van der Waals surface area contributed by atoms with Gasteiger partial charge in [-0.15, -0.1) is 0 Å². The van der Waals surface area contributed by atoms with E-state index in [0.29, 0.717) is 6.17 Å². The Hall–Kier alpha value is -0.660. The molecular weight excluding hydrogens is 520 g/mol. The first-order valence-corrected chi connectivity index (χ1v) is 20.5. The SMILES string of the molecule is CCCCCCCCCCCCCCCCCCC1N(CCCC)C=CN1CCCCCCCCCCCCCCCC. The van der Waals surface area contributed by atoms with Gasteiger partial charge < -0.3 is 9.80 Å². The second-order valence-corrected chi connectivity index (χ2v) is 14.3. The van der Waals surface area contributed by atoms with E-state index >= 15 is 0 Å². The molecular formula is C41H82N2. The van der Waals surface area contributed by atoms with Gasteiger partial charge in [0.05, 0.1) is 0 Å². The first-order valence-electron chi connectivity index (χ1n) is 20.5. The first-order chi connectivity index (χ1) is 21.3. The maximum Gasteiger partial charge on any atom is 0.101 e. The zero-order valence-electron chi connectivity index (χ0n) is 30.4. The van der Waals surface area contributed by atoms with Crippen LogP contribution >= 0.6 is 0 Å². The molecule has 0 spiro atoms. The van der Waals surface area contributed by atoms with Crippen LogP contribution in [-0.4, -0.2) is 29.1 Å². The molecule has 2 nitrogen and oxygen atoms in total. The second kappa shape index (κ2) is 32.7. The fourth-order valence-corrected chi connectivity index (χ4v) is 7.04. The van der Waals surface area contributed by atoms with E-state index in [9.17, 15) is 0 Å². The monoisotopic (exact) mass is 603 g/mol. The van der Waals surface area contributed by atoms with Gasteiger partial charge in [-0.05, 0) is 25.7 Å². The van der Waals surface area contributed by atoms with Crippen LogP contribution in [0.15, 0.2) is 12.4 Å². The predicted octanol–water partition coefficient (Wildman–Crippen LogP) is 14.3. The van der Waals surface area contributed by atoms with Gasteiger partial charge in [-0.25, -0.2) is 0 Å². The molecule has 0 fully saturated rings. The highest BCUT2D eigenvalue weighted by atomic mass is 15.4. The van der Waals surface area contributed by atoms with E-state index in [2.05, 4.69) is 43.0 Å². The van der Waals surface area contributed by atoms with Crippen molar-refractivity contribution >= 4 is 0 Å². The maximum absolute atomic E-state index is 2.70. The molecule has 0 saturated carbocycles. The van der Waals surface area contributed by atoms with Crippen LogP contribution in [0, 0.1) is 0 Å². The van der Waals surface area contributed by atoms with E-state index in [1.165, 1.54) is 225 Å². The minimum atomic E-state index is 0.639. The number of nitrogens with zero attached hydrogens (tertiary/aromatic N) is 2. The van der Waals surface area contributed by atoms with Crippen molar-refractivity contribution in [2.45, 2.75) is 239 Å². The third kappa shape index (κ3) is 25.2. The Morgan fingerprint density at radius 3 is 0.884 bits per heavy atom. The summed E-state index contributed by atoms with van der Waals surface area (Å²) in [5.74, 6) is 0. The number of unbranched alkanes of at least 4 members (excludes halogenated alkanes) is 29. The van der Waals surface area contributed by atoms with Crippen molar-refractivity contribution in [2.24, 2.45) is 0 Å². The number of hydrogen-bond acceptors (Lipinski definition) is 2. The Morgan fingerprint density at radius 1 is 0.302 bits per heavy atom. The lowest BCUT2D eigenvalue weighted by molar-refractivity contribution is 0.136. The largest absolute Gasteiger partial charge is 0.356 e. The third-order valence-electron chi connectivity index (χ3n) is 10.1. The van der Waals surface area contributed by atoms with Crippen LogP contribution in [0.25, 0.3) is 0 Å². The molecule has 43 heavy (non-hydrogen) atoms. The minimum absolute atomic E-state index is 0.639. The van der Waals surface area contributed by atoms with Crippen molar-refractivity contribution in [2.75, 3.05) is 13.1 Å². The molecule has 0 N–H and O–H groups in total. The Balaban J connectivity index is 2.01. The van der Waals surface area contributed by atoms with Crippen LogP contribution in [0.5, 0.6) is 0 Å². The zero-order valence-corrected chi connectivity index (χ0v) is 30.4. The third-order valence-corrected chi connectivity index (χ3v) is 10.1. The molecule has 0 saturated heterocycles. The Morgan fingerprint density at radius 2 is 0.558 bits per heavy atom. The summed E-state index contributed by atoms with van der Waals surface area (Å²) in [5, 5.41) is 0. The van der Waals surface area contributed by atoms with Gasteiger partial charge in [0.2, 0.25) is 0 Å². The summed E-state index contributed by atoms with van der Waals surface area (Å²) in [6.45, 7) is 9.46. The van der Waals surface area contributed by atoms with E-state index in [1.54, 1.807) is 0 Å². The van der Waals surface area contributed by atoms with E-state index in [4.69, 9.17) is 0 Å². The smallest absolute Gasteiger partial charge is 0.101 e. The molecule has 1 rings (SSSR count). The average molecular weight is 603 g/mol. The molecule has 1 aliphatic heterocycles. The Bertz CT molecular complexity index is 558. The highest BCUT2D eigenvalue weighted by Gasteiger charge is 2.24. The summed E-state index contributed by atoms with van der Waals surface area (Å²) < 4.78 is 0. The fraction of sp³-hybridized carbons (Fsp3) is 0.951. The Kier molecular flexibility index (Phi) is 30.7. The molecule has 1 unspecified atom stereocenters. The van der Waals surface area contributed by atoms with Crippen molar-refractivity contribution < 1.29 is 0 Å². The van der Waals surface area contributed by atoms with Gasteiger partial charge in [-0.1, -0.05) is 207 Å². The molecule has 0 aromatic rings. The average Bonchev–Trinajstić information content (AvgIpc) is 3.40. The summed E-state index contributed by atoms with van der Waals surface area (Å²) in [7, 11) is 0. The molecule has 0 radical (unpaired) electrons. The van der Waals surface area contributed by atoms with E-state index in [1.807, 2.05) is 0 Å². The molecule has 0 amide bonds. The summed E-state index contributed by atoms with van der Waals surface area (Å²) in [6, 6.07) is 0. The molecule has 1 heterocycles. The molecule has 0 aromatic heterocycles.